The van der Waals surface area contributed by atoms with Gasteiger partial charge in [0.15, 0.2) is 0 Å². The van der Waals surface area contributed by atoms with E-state index < -0.39 is 0 Å². The molecule has 0 aromatic heterocycles. The Balaban J connectivity index is 2.09. The lowest BCUT2D eigenvalue weighted by Crippen LogP contribution is -2.32. The largest absolute Gasteiger partial charge is 0.306 e. The molecule has 0 radical (unpaired) electrons. The van der Waals surface area contributed by atoms with Crippen LogP contribution in [0.1, 0.15) is 37.2 Å². The first kappa shape index (κ1) is 12.1. The second-order valence-electron chi connectivity index (χ2n) is 5.04. The van der Waals surface area contributed by atoms with Crippen LogP contribution >= 0.6 is 15.9 Å². The van der Waals surface area contributed by atoms with E-state index in [2.05, 4.69) is 59.2 Å². The maximum Gasteiger partial charge on any atom is 0.0178 e. The minimum Gasteiger partial charge on any atom is -0.306 e. The molecule has 0 amide bonds. The van der Waals surface area contributed by atoms with Crippen LogP contribution in [0.3, 0.4) is 0 Å². The van der Waals surface area contributed by atoms with E-state index >= 15 is 0 Å². The molecule has 16 heavy (non-hydrogen) atoms. The summed E-state index contributed by atoms with van der Waals surface area (Å²) in [7, 11) is 4.40. The van der Waals surface area contributed by atoms with Crippen LogP contribution in [-0.2, 0) is 0 Å². The third-order valence-corrected chi connectivity index (χ3v) is 4.19. The molecule has 1 aliphatic rings. The van der Waals surface area contributed by atoms with Gasteiger partial charge in [0.1, 0.15) is 0 Å². The summed E-state index contributed by atoms with van der Waals surface area (Å²) in [5.74, 6) is 0.749. The molecular formula is C14H20BrN. The van der Waals surface area contributed by atoms with Gasteiger partial charge in [0.2, 0.25) is 0 Å². The molecule has 0 aliphatic heterocycles. The van der Waals surface area contributed by atoms with Gasteiger partial charge in [-0.05, 0) is 57.0 Å². The summed E-state index contributed by atoms with van der Waals surface area (Å²) in [6.45, 7) is 0. The maximum absolute atomic E-state index is 3.56. The highest BCUT2D eigenvalue weighted by Gasteiger charge is 2.24. The Morgan fingerprint density at radius 1 is 1.25 bits per heavy atom. The Morgan fingerprint density at radius 3 is 2.75 bits per heavy atom. The highest BCUT2D eigenvalue weighted by molar-refractivity contribution is 9.10. The Kier molecular flexibility index (Phi) is 4.04. The van der Waals surface area contributed by atoms with Crippen molar-refractivity contribution in [2.24, 2.45) is 0 Å². The quantitative estimate of drug-likeness (QED) is 0.791. The number of hydrogen-bond acceptors (Lipinski definition) is 1. The molecule has 0 N–H and O–H groups in total. The van der Waals surface area contributed by atoms with Crippen molar-refractivity contribution >= 4 is 15.9 Å². The molecule has 1 saturated carbocycles. The Hall–Kier alpha value is -0.340. The highest BCUT2D eigenvalue weighted by Crippen LogP contribution is 2.35. The minimum absolute atomic E-state index is 0.749. The summed E-state index contributed by atoms with van der Waals surface area (Å²) in [4.78, 5) is 2.38. The molecular weight excluding hydrogens is 262 g/mol. The Morgan fingerprint density at radius 2 is 2.06 bits per heavy atom. The monoisotopic (exact) mass is 281 g/mol. The maximum atomic E-state index is 3.56. The fourth-order valence-corrected chi connectivity index (χ4v) is 3.11. The summed E-state index contributed by atoms with van der Waals surface area (Å²) in [6.07, 6.45) is 5.38. The molecule has 2 atom stereocenters. The molecule has 0 bridgehead atoms. The first-order chi connectivity index (χ1) is 7.66. The first-order valence-corrected chi connectivity index (χ1v) is 6.88. The molecule has 2 heteroatoms. The van der Waals surface area contributed by atoms with Gasteiger partial charge in [-0.3, -0.25) is 0 Å². The predicted molar refractivity (Wildman–Crippen MR) is 72.8 cm³/mol. The fourth-order valence-electron chi connectivity index (χ4n) is 2.70. The zero-order valence-electron chi connectivity index (χ0n) is 10.1. The van der Waals surface area contributed by atoms with Crippen LogP contribution in [0.4, 0.5) is 0 Å². The van der Waals surface area contributed by atoms with Gasteiger partial charge in [0.25, 0.3) is 0 Å². The topological polar surface area (TPSA) is 3.24 Å². The van der Waals surface area contributed by atoms with Crippen LogP contribution in [0.5, 0.6) is 0 Å². The van der Waals surface area contributed by atoms with Gasteiger partial charge in [-0.1, -0.05) is 34.5 Å². The molecule has 1 aromatic rings. The van der Waals surface area contributed by atoms with E-state index in [9.17, 15) is 0 Å². The normalized spacial score (nSPS) is 26.0. The van der Waals surface area contributed by atoms with Crippen molar-refractivity contribution in [1.29, 1.82) is 0 Å². The lowest BCUT2D eigenvalue weighted by molar-refractivity contribution is 0.213. The summed E-state index contributed by atoms with van der Waals surface area (Å²) in [5, 5.41) is 0. The number of hydrogen-bond donors (Lipinski definition) is 0. The van der Waals surface area contributed by atoms with E-state index in [1.165, 1.54) is 35.7 Å². The summed E-state index contributed by atoms with van der Waals surface area (Å²) < 4.78 is 1.21. The van der Waals surface area contributed by atoms with Crippen LogP contribution in [-0.4, -0.2) is 25.0 Å². The third-order valence-electron chi connectivity index (χ3n) is 3.70. The zero-order valence-corrected chi connectivity index (χ0v) is 11.7. The van der Waals surface area contributed by atoms with Crippen LogP contribution in [0.2, 0.25) is 0 Å². The number of nitrogens with zero attached hydrogens (tertiary/aromatic N) is 1. The predicted octanol–water partition coefficient (Wildman–Crippen LogP) is 4.04. The van der Waals surface area contributed by atoms with Crippen LogP contribution < -0.4 is 0 Å². The van der Waals surface area contributed by atoms with E-state index in [0.717, 1.165) is 12.0 Å². The highest BCUT2D eigenvalue weighted by atomic mass is 79.9. The van der Waals surface area contributed by atoms with E-state index in [4.69, 9.17) is 0 Å². The van der Waals surface area contributed by atoms with Crippen molar-refractivity contribution in [3.8, 4) is 0 Å². The average Bonchev–Trinajstić information content (AvgIpc) is 2.29. The molecule has 1 fully saturated rings. The van der Waals surface area contributed by atoms with Crippen LogP contribution in [0.15, 0.2) is 28.7 Å². The average molecular weight is 282 g/mol. The molecule has 0 saturated heterocycles. The summed E-state index contributed by atoms with van der Waals surface area (Å²) >= 11 is 3.56. The van der Waals surface area contributed by atoms with E-state index in [1.54, 1.807) is 0 Å². The van der Waals surface area contributed by atoms with Crippen molar-refractivity contribution < 1.29 is 0 Å². The number of halogens is 1. The molecule has 0 heterocycles. The van der Waals surface area contributed by atoms with Crippen molar-refractivity contribution in [2.75, 3.05) is 14.1 Å². The first-order valence-electron chi connectivity index (χ1n) is 6.08. The van der Waals surface area contributed by atoms with E-state index in [-0.39, 0.29) is 0 Å². The molecule has 0 spiro atoms. The lowest BCUT2D eigenvalue weighted by Gasteiger charge is -2.33. The van der Waals surface area contributed by atoms with Crippen molar-refractivity contribution in [2.45, 2.75) is 37.6 Å². The number of benzene rings is 1. The van der Waals surface area contributed by atoms with Gasteiger partial charge in [0, 0.05) is 10.5 Å². The molecule has 2 unspecified atom stereocenters. The second kappa shape index (κ2) is 5.33. The lowest BCUT2D eigenvalue weighted by atomic mass is 9.81. The summed E-state index contributed by atoms with van der Waals surface area (Å²) in [6, 6.07) is 9.57. The fraction of sp³-hybridized carbons (Fsp3) is 0.571. The molecule has 88 valence electrons. The van der Waals surface area contributed by atoms with Crippen LogP contribution in [0.25, 0.3) is 0 Å². The molecule has 1 nitrogen and oxygen atoms in total. The van der Waals surface area contributed by atoms with Crippen molar-refractivity contribution in [1.82, 2.24) is 4.90 Å². The van der Waals surface area contributed by atoms with Gasteiger partial charge in [-0.25, -0.2) is 0 Å². The third kappa shape index (κ3) is 2.86. The van der Waals surface area contributed by atoms with Gasteiger partial charge < -0.3 is 4.90 Å². The van der Waals surface area contributed by atoms with E-state index in [0.29, 0.717) is 0 Å². The summed E-state index contributed by atoms with van der Waals surface area (Å²) in [5.41, 5.74) is 1.50. The molecule has 2 rings (SSSR count). The Labute approximate surface area is 107 Å². The number of rotatable bonds is 2. The standard InChI is InChI=1S/C14H20BrN/c1-16(2)14-8-4-6-12(10-14)11-5-3-7-13(15)9-11/h3,5,7,9,12,14H,4,6,8,10H2,1-2H3. The van der Waals surface area contributed by atoms with Gasteiger partial charge in [-0.15, -0.1) is 0 Å². The SMILES string of the molecule is CN(C)C1CCCC(c2cccc(Br)c2)C1. The molecule has 1 aliphatic carbocycles. The van der Waals surface area contributed by atoms with Crippen molar-refractivity contribution in [3.63, 3.8) is 0 Å². The van der Waals surface area contributed by atoms with Gasteiger partial charge in [-0.2, -0.15) is 0 Å². The van der Waals surface area contributed by atoms with Crippen molar-refractivity contribution in [3.05, 3.63) is 34.3 Å². The zero-order chi connectivity index (χ0) is 11.5. The van der Waals surface area contributed by atoms with E-state index in [1.807, 2.05) is 0 Å². The minimum atomic E-state index is 0.749. The van der Waals surface area contributed by atoms with Gasteiger partial charge in [0.05, 0.1) is 0 Å². The van der Waals surface area contributed by atoms with Crippen LogP contribution in [0, 0.1) is 0 Å². The smallest absolute Gasteiger partial charge is 0.0178 e. The van der Waals surface area contributed by atoms with Gasteiger partial charge >= 0.3 is 0 Å². The second-order valence-corrected chi connectivity index (χ2v) is 5.95. The Bertz CT molecular complexity index is 348. The molecule has 1 aromatic carbocycles.